The summed E-state index contributed by atoms with van der Waals surface area (Å²) in [4.78, 5) is 14.9. The summed E-state index contributed by atoms with van der Waals surface area (Å²) in [6.45, 7) is 0.855. The number of rotatable bonds is 2. The summed E-state index contributed by atoms with van der Waals surface area (Å²) in [7, 11) is 0. The van der Waals surface area contributed by atoms with E-state index in [1.165, 1.54) is 18.2 Å². The van der Waals surface area contributed by atoms with Gasteiger partial charge in [-0.2, -0.15) is 0 Å². The number of amides is 1. The quantitative estimate of drug-likeness (QED) is 0.588. The predicted molar refractivity (Wildman–Crippen MR) is 92.9 cm³/mol. The van der Waals surface area contributed by atoms with E-state index in [1.54, 1.807) is 12.1 Å². The molecule has 3 aromatic rings. The zero-order valence-corrected chi connectivity index (χ0v) is 13.9. The topological polar surface area (TPSA) is 117 Å². The lowest BCUT2D eigenvalue weighted by Crippen LogP contribution is -2.15. The molecule has 0 saturated carbocycles. The lowest BCUT2D eigenvalue weighted by atomic mass is 10.2. The van der Waals surface area contributed by atoms with E-state index in [4.69, 9.17) is 21.1 Å². The minimum atomic E-state index is -0.795. The van der Waals surface area contributed by atoms with Crippen molar-refractivity contribution in [3.8, 4) is 23.1 Å². The number of nitrogens with zero attached hydrogens (tertiary/aromatic N) is 2. The Morgan fingerprint density at radius 2 is 1.85 bits per heavy atom. The van der Waals surface area contributed by atoms with Crippen LogP contribution >= 0.6 is 11.6 Å². The Labute approximate surface area is 151 Å². The fraction of sp³-hybridized carbons (Fsp3) is 0.118. The molecule has 0 radical (unpaired) electrons. The molecule has 132 valence electrons. The first-order valence-electron chi connectivity index (χ1n) is 7.62. The Kier molecular flexibility index (Phi) is 3.89. The van der Waals surface area contributed by atoms with Gasteiger partial charge in [-0.15, -0.1) is 10.2 Å². The molecule has 8 nitrogen and oxygen atoms in total. The molecular weight excluding hydrogens is 362 g/mol. The molecule has 0 aliphatic carbocycles. The summed E-state index contributed by atoms with van der Waals surface area (Å²) >= 11 is 5.83. The van der Waals surface area contributed by atoms with Gasteiger partial charge in [0.05, 0.1) is 11.1 Å². The molecule has 1 aliphatic heterocycles. The van der Waals surface area contributed by atoms with E-state index in [2.05, 4.69) is 15.2 Å². The van der Waals surface area contributed by atoms with Gasteiger partial charge < -0.3 is 24.7 Å². The number of benzene rings is 2. The number of phenols is 1. The Morgan fingerprint density at radius 1 is 1.12 bits per heavy atom. The van der Waals surface area contributed by atoms with Gasteiger partial charge in [-0.25, -0.2) is 0 Å². The molecule has 9 heteroatoms. The van der Waals surface area contributed by atoms with Crippen LogP contribution in [0.25, 0.3) is 10.9 Å². The van der Waals surface area contributed by atoms with Crippen molar-refractivity contribution in [2.45, 2.75) is 0 Å². The summed E-state index contributed by atoms with van der Waals surface area (Å²) in [6.07, 6.45) is 0. The molecule has 3 N–H and O–H groups in total. The molecule has 0 fully saturated rings. The van der Waals surface area contributed by atoms with Crippen LogP contribution in [-0.4, -0.2) is 34.3 Å². The third-order valence-corrected chi connectivity index (χ3v) is 4.08. The zero-order chi connectivity index (χ0) is 18.3. The van der Waals surface area contributed by atoms with Gasteiger partial charge in [0.15, 0.2) is 17.2 Å². The molecular formula is C17H12ClN3O5. The van der Waals surface area contributed by atoms with Crippen LogP contribution < -0.4 is 9.47 Å². The van der Waals surface area contributed by atoms with Gasteiger partial charge in [0, 0.05) is 16.5 Å². The second-order valence-corrected chi connectivity index (χ2v) is 5.97. The maximum Gasteiger partial charge on any atom is 0.299 e. The third kappa shape index (κ3) is 2.80. The number of ether oxygens (including phenoxy) is 2. The zero-order valence-electron chi connectivity index (χ0n) is 13.2. The normalized spacial score (nSPS) is 13.4. The highest BCUT2D eigenvalue weighted by Crippen LogP contribution is 2.42. The number of halogens is 1. The van der Waals surface area contributed by atoms with Crippen LogP contribution in [0.5, 0.6) is 23.1 Å². The Hall–Kier alpha value is -3.26. The number of aromatic nitrogens is 1. The van der Waals surface area contributed by atoms with Gasteiger partial charge in [0.25, 0.3) is 5.91 Å². The first-order chi connectivity index (χ1) is 12.5. The molecule has 0 atom stereocenters. The number of azo groups is 1. The number of carbonyl (C=O) groups is 1. The van der Waals surface area contributed by atoms with E-state index in [-0.39, 0.29) is 27.9 Å². The third-order valence-electron chi connectivity index (χ3n) is 3.84. The highest BCUT2D eigenvalue weighted by Gasteiger charge is 2.19. The van der Waals surface area contributed by atoms with Crippen molar-refractivity contribution in [1.82, 2.24) is 4.98 Å². The summed E-state index contributed by atoms with van der Waals surface area (Å²) in [5, 5.41) is 28.0. The van der Waals surface area contributed by atoms with Crippen LogP contribution in [0.3, 0.4) is 0 Å². The average Bonchev–Trinajstić information content (AvgIpc) is 2.93. The molecule has 0 unspecified atom stereocenters. The van der Waals surface area contributed by atoms with Gasteiger partial charge in [-0.3, -0.25) is 4.79 Å². The Bertz CT molecular complexity index is 1060. The smallest absolute Gasteiger partial charge is 0.299 e. The van der Waals surface area contributed by atoms with Crippen LogP contribution in [0.1, 0.15) is 10.4 Å². The molecule has 4 rings (SSSR count). The van der Waals surface area contributed by atoms with Crippen molar-refractivity contribution >= 4 is 34.1 Å². The highest BCUT2D eigenvalue weighted by atomic mass is 35.5. The predicted octanol–water partition coefficient (Wildman–Crippen LogP) is 3.93. The number of H-pyrrole nitrogens is 1. The van der Waals surface area contributed by atoms with Crippen molar-refractivity contribution in [2.75, 3.05) is 13.2 Å². The maximum atomic E-state index is 12.2. The fourth-order valence-corrected chi connectivity index (χ4v) is 2.80. The number of hydrogen-bond donors (Lipinski definition) is 3. The molecule has 0 bridgehead atoms. The van der Waals surface area contributed by atoms with E-state index < -0.39 is 5.91 Å². The number of nitrogens with one attached hydrogen (secondary N) is 1. The largest absolute Gasteiger partial charge is 0.507 e. The van der Waals surface area contributed by atoms with Crippen molar-refractivity contribution in [3.63, 3.8) is 0 Å². The lowest BCUT2D eigenvalue weighted by Gasteiger charge is -2.17. The summed E-state index contributed by atoms with van der Waals surface area (Å²) in [6, 6.07) is 7.34. The van der Waals surface area contributed by atoms with Crippen LogP contribution in [0.15, 0.2) is 40.6 Å². The van der Waals surface area contributed by atoms with E-state index in [1.807, 2.05) is 0 Å². The van der Waals surface area contributed by atoms with Gasteiger partial charge >= 0.3 is 0 Å². The Morgan fingerprint density at radius 3 is 2.62 bits per heavy atom. The average molecular weight is 374 g/mol. The number of fused-ring (bicyclic) bond motifs is 2. The number of hydrogen-bond acceptors (Lipinski definition) is 6. The van der Waals surface area contributed by atoms with Crippen LogP contribution in [0.4, 0.5) is 5.69 Å². The van der Waals surface area contributed by atoms with E-state index >= 15 is 0 Å². The second-order valence-electron chi connectivity index (χ2n) is 5.53. The van der Waals surface area contributed by atoms with Crippen molar-refractivity contribution < 1.29 is 24.5 Å². The molecule has 1 aromatic heterocycles. The molecule has 0 saturated heterocycles. The SMILES string of the molecule is O=C(N=Nc1c(O)[nH]c2cc3c(cc12)OCCO3)c1cc(Cl)ccc1O. The van der Waals surface area contributed by atoms with Gasteiger partial charge in [-0.1, -0.05) is 11.6 Å². The Balaban J connectivity index is 1.72. The molecule has 26 heavy (non-hydrogen) atoms. The van der Waals surface area contributed by atoms with Gasteiger partial charge in [-0.05, 0) is 24.3 Å². The van der Waals surface area contributed by atoms with Crippen LogP contribution in [0.2, 0.25) is 5.02 Å². The number of aromatic hydroxyl groups is 2. The van der Waals surface area contributed by atoms with Crippen LogP contribution in [-0.2, 0) is 0 Å². The van der Waals surface area contributed by atoms with Gasteiger partial charge in [0.2, 0.25) is 5.88 Å². The van der Waals surface area contributed by atoms with E-state index in [0.717, 1.165) is 0 Å². The van der Waals surface area contributed by atoms with Gasteiger partial charge in [0.1, 0.15) is 19.0 Å². The van der Waals surface area contributed by atoms with Crippen molar-refractivity contribution in [2.24, 2.45) is 10.2 Å². The first kappa shape index (κ1) is 16.2. The number of aromatic amines is 1. The minimum Gasteiger partial charge on any atom is -0.507 e. The summed E-state index contributed by atoms with van der Waals surface area (Å²) in [5.41, 5.74) is 0.542. The van der Waals surface area contributed by atoms with Crippen molar-refractivity contribution in [3.05, 3.63) is 40.9 Å². The summed E-state index contributed by atoms with van der Waals surface area (Å²) in [5.74, 6) is -0.252. The molecule has 2 aromatic carbocycles. The number of phenolic OH excluding ortho intramolecular Hbond substituents is 1. The van der Waals surface area contributed by atoms with E-state index in [9.17, 15) is 15.0 Å². The first-order valence-corrected chi connectivity index (χ1v) is 7.99. The molecule has 2 heterocycles. The second kappa shape index (κ2) is 6.23. The minimum absolute atomic E-state index is 0.0758. The highest BCUT2D eigenvalue weighted by molar-refractivity contribution is 6.31. The van der Waals surface area contributed by atoms with E-state index in [0.29, 0.717) is 35.6 Å². The monoisotopic (exact) mass is 373 g/mol. The standard InChI is InChI=1S/C17H12ClN3O5/c18-8-1-2-12(22)10(5-8)16(23)21-20-15-9-6-13-14(26-4-3-25-13)7-11(9)19-17(15)24/h1-2,5-7,19,22,24H,3-4H2. The number of carbonyl (C=O) groups excluding carboxylic acids is 1. The molecule has 1 aliphatic rings. The summed E-state index contributed by atoms with van der Waals surface area (Å²) < 4.78 is 11.0. The molecule has 1 amide bonds. The lowest BCUT2D eigenvalue weighted by molar-refractivity contribution is 0.0992. The van der Waals surface area contributed by atoms with Crippen LogP contribution in [0, 0.1) is 0 Å². The molecule has 0 spiro atoms. The maximum absolute atomic E-state index is 12.2. The van der Waals surface area contributed by atoms with Crippen molar-refractivity contribution in [1.29, 1.82) is 0 Å². The fourth-order valence-electron chi connectivity index (χ4n) is 2.63.